The number of nitro benzene ring substituents is 1. The van der Waals surface area contributed by atoms with Crippen molar-refractivity contribution in [1.82, 2.24) is 9.55 Å². The topological polar surface area (TPSA) is 107 Å². The molecule has 10 heteroatoms. The van der Waals surface area contributed by atoms with Gasteiger partial charge < -0.3 is 5.32 Å². The molecule has 0 bridgehead atoms. The van der Waals surface area contributed by atoms with Crippen molar-refractivity contribution in [1.29, 1.82) is 0 Å². The highest BCUT2D eigenvalue weighted by Crippen LogP contribution is 2.22. The number of nitrogens with zero attached hydrogens (tertiary/aromatic N) is 3. The monoisotopic (exact) mass is 490 g/mol. The lowest BCUT2D eigenvalue weighted by molar-refractivity contribution is -0.384. The van der Waals surface area contributed by atoms with Crippen molar-refractivity contribution >= 4 is 55.9 Å². The average Bonchev–Trinajstić information content (AvgIpc) is 2.69. The van der Waals surface area contributed by atoms with E-state index >= 15 is 0 Å². The highest BCUT2D eigenvalue weighted by molar-refractivity contribution is 9.10. The lowest BCUT2D eigenvalue weighted by Crippen LogP contribution is -2.26. The summed E-state index contributed by atoms with van der Waals surface area (Å²) in [6.07, 6.45) is 0. The first-order chi connectivity index (χ1) is 14.2. The van der Waals surface area contributed by atoms with Crippen molar-refractivity contribution < 1.29 is 9.72 Å². The first-order valence-corrected chi connectivity index (χ1v) is 10.9. The van der Waals surface area contributed by atoms with Crippen molar-refractivity contribution in [2.75, 3.05) is 11.1 Å². The molecular weight excluding hydrogens is 472 g/mol. The van der Waals surface area contributed by atoms with E-state index in [0.717, 1.165) is 16.2 Å². The second-order valence-electron chi connectivity index (χ2n) is 7.01. The molecular formula is C20H19BrN4O4S. The fourth-order valence-electron chi connectivity index (χ4n) is 2.83. The Morgan fingerprint density at radius 1 is 1.30 bits per heavy atom. The van der Waals surface area contributed by atoms with E-state index in [9.17, 15) is 19.7 Å². The van der Waals surface area contributed by atoms with Crippen LogP contribution in [0.15, 0.2) is 56.9 Å². The quantitative estimate of drug-likeness (QED) is 0.227. The Morgan fingerprint density at radius 2 is 2.07 bits per heavy atom. The second kappa shape index (κ2) is 9.40. The number of nitrogens with one attached hydrogen (secondary N) is 1. The molecule has 0 saturated carbocycles. The zero-order valence-corrected chi connectivity index (χ0v) is 18.7. The second-order valence-corrected chi connectivity index (χ2v) is 8.87. The molecule has 0 spiro atoms. The van der Waals surface area contributed by atoms with Crippen molar-refractivity contribution in [2.45, 2.75) is 25.5 Å². The van der Waals surface area contributed by atoms with Gasteiger partial charge in [0.25, 0.3) is 11.2 Å². The largest absolute Gasteiger partial charge is 0.325 e. The number of fused-ring (bicyclic) bond motifs is 1. The van der Waals surface area contributed by atoms with Crippen LogP contribution in [0.4, 0.5) is 11.4 Å². The number of carbonyl (C=O) groups excluding carboxylic acids is 1. The number of anilines is 1. The molecule has 0 aliphatic carbocycles. The van der Waals surface area contributed by atoms with Gasteiger partial charge in [0.05, 0.1) is 21.6 Å². The minimum Gasteiger partial charge on any atom is -0.325 e. The summed E-state index contributed by atoms with van der Waals surface area (Å²) in [4.78, 5) is 40.3. The van der Waals surface area contributed by atoms with Gasteiger partial charge >= 0.3 is 0 Å². The molecule has 1 aromatic heterocycles. The highest BCUT2D eigenvalue weighted by Gasteiger charge is 2.15. The van der Waals surface area contributed by atoms with Gasteiger partial charge in [0.2, 0.25) is 5.91 Å². The van der Waals surface area contributed by atoms with Crippen LogP contribution in [0.3, 0.4) is 0 Å². The van der Waals surface area contributed by atoms with Gasteiger partial charge in [-0.3, -0.25) is 24.3 Å². The van der Waals surface area contributed by atoms with E-state index in [4.69, 9.17) is 0 Å². The molecule has 1 amide bonds. The number of rotatable bonds is 7. The molecule has 0 aliphatic rings. The third kappa shape index (κ3) is 5.25. The highest BCUT2D eigenvalue weighted by atomic mass is 79.9. The molecule has 0 unspecified atom stereocenters. The summed E-state index contributed by atoms with van der Waals surface area (Å²) in [5.41, 5.74) is 0.640. The Kier molecular flexibility index (Phi) is 6.88. The van der Waals surface area contributed by atoms with Gasteiger partial charge in [0.1, 0.15) is 0 Å². The molecule has 0 radical (unpaired) electrons. The molecule has 0 aliphatic heterocycles. The van der Waals surface area contributed by atoms with E-state index in [1.54, 1.807) is 22.8 Å². The van der Waals surface area contributed by atoms with Crippen LogP contribution in [-0.4, -0.2) is 26.1 Å². The van der Waals surface area contributed by atoms with Gasteiger partial charge in [-0.05, 0) is 30.2 Å². The van der Waals surface area contributed by atoms with Crippen LogP contribution < -0.4 is 10.9 Å². The summed E-state index contributed by atoms with van der Waals surface area (Å²) < 4.78 is 2.38. The van der Waals surface area contributed by atoms with Crippen molar-refractivity contribution in [3.05, 3.63) is 67.4 Å². The zero-order valence-electron chi connectivity index (χ0n) is 16.3. The summed E-state index contributed by atoms with van der Waals surface area (Å²) in [7, 11) is 0. The number of hydrogen-bond donors (Lipinski definition) is 1. The molecule has 2 aromatic carbocycles. The van der Waals surface area contributed by atoms with E-state index in [1.807, 2.05) is 19.9 Å². The summed E-state index contributed by atoms with van der Waals surface area (Å²) in [6.45, 7) is 4.48. The minimum absolute atomic E-state index is 0.00919. The maximum atomic E-state index is 13.0. The Hall–Kier alpha value is -2.72. The lowest BCUT2D eigenvalue weighted by atomic mass is 10.2. The zero-order chi connectivity index (χ0) is 21.8. The molecule has 156 valence electrons. The number of amides is 1. The van der Waals surface area contributed by atoms with E-state index in [1.165, 1.54) is 18.2 Å². The number of halogens is 1. The van der Waals surface area contributed by atoms with Gasteiger partial charge in [-0.1, -0.05) is 47.6 Å². The smallest absolute Gasteiger partial charge is 0.271 e. The number of carbonyl (C=O) groups is 1. The standard InChI is InChI=1S/C20H19BrN4O4S/c1-12(2)10-24-19(27)16-8-13(21)6-7-17(16)23-20(24)30-11-18(26)22-14-4-3-5-15(9-14)25(28)29/h3-9,12H,10-11H2,1-2H3,(H,22,26). The summed E-state index contributed by atoms with van der Waals surface area (Å²) in [6, 6.07) is 11.0. The van der Waals surface area contributed by atoms with Crippen LogP contribution in [-0.2, 0) is 11.3 Å². The van der Waals surface area contributed by atoms with Crippen molar-refractivity contribution in [3.63, 3.8) is 0 Å². The number of hydrogen-bond acceptors (Lipinski definition) is 6. The lowest BCUT2D eigenvalue weighted by Gasteiger charge is -2.15. The number of non-ortho nitro benzene ring substituents is 1. The first-order valence-electron chi connectivity index (χ1n) is 9.12. The molecule has 0 atom stereocenters. The fourth-order valence-corrected chi connectivity index (χ4v) is 4.00. The van der Waals surface area contributed by atoms with Crippen LogP contribution in [0, 0.1) is 16.0 Å². The van der Waals surface area contributed by atoms with Crippen LogP contribution >= 0.6 is 27.7 Å². The van der Waals surface area contributed by atoms with Crippen molar-refractivity contribution in [3.8, 4) is 0 Å². The van der Waals surface area contributed by atoms with Gasteiger partial charge in [-0.15, -0.1) is 0 Å². The molecule has 0 saturated heterocycles. The maximum absolute atomic E-state index is 13.0. The molecule has 1 heterocycles. The Balaban J connectivity index is 1.83. The predicted octanol–water partition coefficient (Wildman–Crippen LogP) is 4.45. The van der Waals surface area contributed by atoms with Gasteiger partial charge in [0, 0.05) is 28.8 Å². The molecule has 1 N–H and O–H groups in total. The number of aromatic nitrogens is 2. The maximum Gasteiger partial charge on any atom is 0.271 e. The molecule has 30 heavy (non-hydrogen) atoms. The number of thioether (sulfide) groups is 1. The van der Waals surface area contributed by atoms with Crippen LogP contribution in [0.2, 0.25) is 0 Å². The average molecular weight is 491 g/mol. The molecule has 3 rings (SSSR count). The fraction of sp³-hybridized carbons (Fsp3) is 0.250. The van der Waals surface area contributed by atoms with Crippen LogP contribution in [0.1, 0.15) is 13.8 Å². The van der Waals surface area contributed by atoms with E-state index in [-0.39, 0.29) is 28.8 Å². The van der Waals surface area contributed by atoms with E-state index in [2.05, 4.69) is 26.2 Å². The van der Waals surface area contributed by atoms with Crippen LogP contribution in [0.5, 0.6) is 0 Å². The summed E-state index contributed by atoms with van der Waals surface area (Å²) in [5.74, 6) is -0.121. The van der Waals surface area contributed by atoms with Gasteiger partial charge in [0.15, 0.2) is 5.16 Å². The van der Waals surface area contributed by atoms with Crippen LogP contribution in [0.25, 0.3) is 10.9 Å². The first kappa shape index (κ1) is 22.0. The number of nitro groups is 1. The third-order valence-electron chi connectivity index (χ3n) is 4.10. The normalized spacial score (nSPS) is 11.1. The van der Waals surface area contributed by atoms with Gasteiger partial charge in [-0.2, -0.15) is 0 Å². The third-order valence-corrected chi connectivity index (χ3v) is 5.57. The Labute approximate surface area is 185 Å². The summed E-state index contributed by atoms with van der Waals surface area (Å²) >= 11 is 4.53. The Bertz CT molecular complexity index is 1180. The van der Waals surface area contributed by atoms with Crippen molar-refractivity contribution in [2.24, 2.45) is 5.92 Å². The van der Waals surface area contributed by atoms with Gasteiger partial charge in [-0.25, -0.2) is 4.98 Å². The predicted molar refractivity (Wildman–Crippen MR) is 121 cm³/mol. The molecule has 3 aromatic rings. The molecule has 8 nitrogen and oxygen atoms in total. The summed E-state index contributed by atoms with van der Waals surface area (Å²) in [5, 5.41) is 14.5. The minimum atomic E-state index is -0.521. The van der Waals surface area contributed by atoms with E-state index < -0.39 is 4.92 Å². The number of benzene rings is 2. The SMILES string of the molecule is CC(C)Cn1c(SCC(=O)Nc2cccc([N+](=O)[O-])c2)nc2ccc(Br)cc2c1=O. The molecule has 0 fully saturated rings. The Morgan fingerprint density at radius 3 is 2.77 bits per heavy atom. The van der Waals surface area contributed by atoms with E-state index in [0.29, 0.717) is 28.3 Å².